The number of nitrogens with zero attached hydrogens (tertiary/aromatic N) is 2. The van der Waals surface area contributed by atoms with Crippen LogP contribution in [-0.4, -0.2) is 72.1 Å². The van der Waals surface area contributed by atoms with Crippen LogP contribution in [0.25, 0.3) is 0 Å². The number of carbonyl (C=O) groups is 1. The standard InChI is InChI=1S/C31H42FN3O5/c1-31(2,38-3)27-17-25-21(19-40-27)15-22(32)16-26(25)28(30(36)37)35-13-11-24(18-35)39-14-5-4-8-23-10-9-20-7-6-12-33-29(20)34-23/h9-10,15-16,24,27-28H,4-8,11-14,17-19H2,1-3H3,(H,33,34)(H,36,37)/t24-,27-,28-/m1/s1. The van der Waals surface area contributed by atoms with Crippen LogP contribution in [0.4, 0.5) is 10.2 Å². The van der Waals surface area contributed by atoms with Crippen molar-refractivity contribution in [2.45, 2.75) is 89.3 Å². The van der Waals surface area contributed by atoms with E-state index in [9.17, 15) is 14.3 Å². The molecule has 0 aliphatic carbocycles. The Kier molecular flexibility index (Phi) is 9.05. The fourth-order valence-electron chi connectivity index (χ4n) is 6.13. The first-order valence-corrected chi connectivity index (χ1v) is 14.5. The van der Waals surface area contributed by atoms with Crippen molar-refractivity contribution in [2.75, 3.05) is 38.7 Å². The van der Waals surface area contributed by atoms with Gasteiger partial charge in [0.05, 0.1) is 24.4 Å². The van der Waals surface area contributed by atoms with Crippen LogP contribution in [0.3, 0.4) is 0 Å². The monoisotopic (exact) mass is 555 g/mol. The predicted molar refractivity (Wildman–Crippen MR) is 150 cm³/mol. The first-order valence-electron chi connectivity index (χ1n) is 14.5. The lowest BCUT2D eigenvalue weighted by Crippen LogP contribution is -2.44. The average Bonchev–Trinajstić information content (AvgIpc) is 3.40. The zero-order valence-electron chi connectivity index (χ0n) is 23.9. The number of nitrogens with one attached hydrogen (secondary N) is 1. The highest BCUT2D eigenvalue weighted by atomic mass is 19.1. The number of aromatic nitrogens is 1. The van der Waals surface area contributed by atoms with Crippen LogP contribution in [0.1, 0.15) is 73.5 Å². The third kappa shape index (κ3) is 6.48. The topological polar surface area (TPSA) is 93.2 Å². The number of benzene rings is 1. The van der Waals surface area contributed by atoms with Gasteiger partial charge in [0.1, 0.15) is 17.7 Å². The normalized spacial score (nSPS) is 21.9. The van der Waals surface area contributed by atoms with Crippen molar-refractivity contribution in [3.05, 3.63) is 58.0 Å². The van der Waals surface area contributed by atoms with Gasteiger partial charge in [-0.25, -0.2) is 9.37 Å². The van der Waals surface area contributed by atoms with Gasteiger partial charge >= 0.3 is 5.97 Å². The molecule has 40 heavy (non-hydrogen) atoms. The molecule has 0 bridgehead atoms. The number of ether oxygens (including phenoxy) is 3. The fourth-order valence-corrected chi connectivity index (χ4v) is 6.13. The highest BCUT2D eigenvalue weighted by molar-refractivity contribution is 5.76. The maximum Gasteiger partial charge on any atom is 0.325 e. The van der Waals surface area contributed by atoms with E-state index in [0.717, 1.165) is 62.1 Å². The molecule has 0 radical (unpaired) electrons. The summed E-state index contributed by atoms with van der Waals surface area (Å²) in [5, 5.41) is 13.7. The molecule has 218 valence electrons. The Morgan fingerprint density at radius 2 is 2.15 bits per heavy atom. The second kappa shape index (κ2) is 12.5. The van der Waals surface area contributed by atoms with Crippen LogP contribution in [0.15, 0.2) is 24.3 Å². The van der Waals surface area contributed by atoms with E-state index in [4.69, 9.17) is 19.2 Å². The smallest absolute Gasteiger partial charge is 0.325 e. The molecule has 3 atom stereocenters. The summed E-state index contributed by atoms with van der Waals surface area (Å²) in [5.41, 5.74) is 3.92. The van der Waals surface area contributed by atoms with Crippen LogP contribution in [-0.2, 0) is 44.9 Å². The minimum absolute atomic E-state index is 0.0409. The third-order valence-corrected chi connectivity index (χ3v) is 8.68. The summed E-state index contributed by atoms with van der Waals surface area (Å²) in [5.74, 6) is -0.386. The second-order valence-electron chi connectivity index (χ2n) is 11.8. The van der Waals surface area contributed by atoms with Crippen molar-refractivity contribution >= 4 is 11.8 Å². The Morgan fingerprint density at radius 1 is 1.30 bits per heavy atom. The number of unbranched alkanes of at least 4 members (excludes halogenated alkanes) is 1. The lowest BCUT2D eigenvalue weighted by Gasteiger charge is -2.38. The van der Waals surface area contributed by atoms with Gasteiger partial charge in [0.2, 0.25) is 0 Å². The second-order valence-corrected chi connectivity index (χ2v) is 11.8. The molecule has 0 unspecified atom stereocenters. The third-order valence-electron chi connectivity index (χ3n) is 8.68. The van der Waals surface area contributed by atoms with E-state index < -0.39 is 23.4 Å². The molecule has 8 nitrogen and oxygen atoms in total. The van der Waals surface area contributed by atoms with Crippen molar-refractivity contribution in [1.29, 1.82) is 0 Å². The maximum absolute atomic E-state index is 14.7. The fraction of sp³-hybridized carbons (Fsp3) is 0.613. The lowest BCUT2D eigenvalue weighted by molar-refractivity contribution is -0.143. The van der Waals surface area contributed by atoms with E-state index in [1.807, 2.05) is 18.7 Å². The summed E-state index contributed by atoms with van der Waals surface area (Å²) in [7, 11) is 1.64. The molecule has 2 N–H and O–H groups in total. The number of likely N-dealkylation sites (tertiary alicyclic amines) is 1. The first-order chi connectivity index (χ1) is 19.2. The highest BCUT2D eigenvalue weighted by Gasteiger charge is 2.40. The largest absolute Gasteiger partial charge is 0.480 e. The number of pyridine rings is 1. The number of carboxylic acid groups (broad SMARTS) is 1. The summed E-state index contributed by atoms with van der Waals surface area (Å²) in [4.78, 5) is 19.3. The zero-order valence-corrected chi connectivity index (χ0v) is 23.9. The van der Waals surface area contributed by atoms with Gasteiger partial charge in [0.25, 0.3) is 0 Å². The summed E-state index contributed by atoms with van der Waals surface area (Å²) < 4.78 is 32.4. The van der Waals surface area contributed by atoms with Crippen molar-refractivity contribution in [2.24, 2.45) is 0 Å². The molecular formula is C31H42FN3O5. The van der Waals surface area contributed by atoms with E-state index in [1.54, 1.807) is 7.11 Å². The Morgan fingerprint density at radius 3 is 2.95 bits per heavy atom. The summed E-state index contributed by atoms with van der Waals surface area (Å²) in [6.07, 6.45) is 5.98. The van der Waals surface area contributed by atoms with Crippen molar-refractivity contribution in [3.63, 3.8) is 0 Å². The molecule has 4 heterocycles. The van der Waals surface area contributed by atoms with E-state index >= 15 is 0 Å². The molecule has 1 fully saturated rings. The molecule has 0 saturated carbocycles. The molecule has 0 spiro atoms. The van der Waals surface area contributed by atoms with Crippen molar-refractivity contribution in [3.8, 4) is 0 Å². The summed E-state index contributed by atoms with van der Waals surface area (Å²) >= 11 is 0. The molecular weight excluding hydrogens is 513 g/mol. The molecule has 1 aromatic carbocycles. The van der Waals surface area contributed by atoms with E-state index in [-0.39, 0.29) is 18.8 Å². The van der Waals surface area contributed by atoms with Gasteiger partial charge in [0, 0.05) is 45.5 Å². The number of fused-ring (bicyclic) bond motifs is 2. The molecule has 1 saturated heterocycles. The number of aryl methyl sites for hydroxylation is 2. The number of carboxylic acids is 1. The maximum atomic E-state index is 14.7. The lowest BCUT2D eigenvalue weighted by atomic mass is 9.85. The number of aliphatic carboxylic acids is 1. The van der Waals surface area contributed by atoms with Gasteiger partial charge in [-0.15, -0.1) is 0 Å². The Hall–Kier alpha value is -2.59. The minimum atomic E-state index is -0.977. The first kappa shape index (κ1) is 28.9. The molecule has 3 aliphatic rings. The Balaban J connectivity index is 1.17. The van der Waals surface area contributed by atoms with Crippen LogP contribution < -0.4 is 5.32 Å². The number of hydrogen-bond acceptors (Lipinski definition) is 7. The molecule has 1 aromatic heterocycles. The van der Waals surface area contributed by atoms with Gasteiger partial charge in [-0.2, -0.15) is 0 Å². The van der Waals surface area contributed by atoms with E-state index in [0.29, 0.717) is 37.2 Å². The Bertz CT molecular complexity index is 1210. The minimum Gasteiger partial charge on any atom is -0.480 e. The van der Waals surface area contributed by atoms with Gasteiger partial charge in [-0.3, -0.25) is 9.69 Å². The van der Waals surface area contributed by atoms with E-state index in [2.05, 4.69) is 17.4 Å². The molecule has 0 amide bonds. The molecule has 2 aromatic rings. The van der Waals surface area contributed by atoms with Crippen LogP contribution in [0.2, 0.25) is 0 Å². The van der Waals surface area contributed by atoms with Gasteiger partial charge in [0.15, 0.2) is 0 Å². The van der Waals surface area contributed by atoms with Gasteiger partial charge < -0.3 is 24.6 Å². The number of rotatable bonds is 11. The molecule has 9 heteroatoms. The quantitative estimate of drug-likeness (QED) is 0.386. The van der Waals surface area contributed by atoms with Crippen LogP contribution in [0.5, 0.6) is 0 Å². The van der Waals surface area contributed by atoms with Crippen molar-refractivity contribution < 1.29 is 28.5 Å². The van der Waals surface area contributed by atoms with Crippen LogP contribution in [0, 0.1) is 5.82 Å². The van der Waals surface area contributed by atoms with Crippen molar-refractivity contribution in [1.82, 2.24) is 9.88 Å². The number of methoxy groups -OCH3 is 1. The SMILES string of the molecule is COC(C)(C)[C@H]1Cc2c(cc(F)cc2[C@H](C(=O)O)N2CC[C@@H](OCCCCc3ccc4c(n3)NCCC4)C2)CO1. The molecule has 3 aliphatic heterocycles. The summed E-state index contributed by atoms with van der Waals surface area (Å²) in [6.45, 7) is 6.83. The highest BCUT2D eigenvalue weighted by Crippen LogP contribution is 2.36. The van der Waals surface area contributed by atoms with E-state index in [1.165, 1.54) is 17.7 Å². The van der Waals surface area contributed by atoms with Crippen LogP contribution >= 0.6 is 0 Å². The number of halogens is 1. The van der Waals surface area contributed by atoms with Gasteiger partial charge in [-0.05, 0) is 92.8 Å². The summed E-state index contributed by atoms with van der Waals surface area (Å²) in [6, 6.07) is 6.22. The average molecular weight is 556 g/mol. The molecule has 5 rings (SSSR count). The number of hydrogen-bond donors (Lipinski definition) is 2. The Labute approximate surface area is 236 Å². The number of anilines is 1. The predicted octanol–water partition coefficient (Wildman–Crippen LogP) is 4.68. The zero-order chi connectivity index (χ0) is 28.3. The van der Waals surface area contributed by atoms with Gasteiger partial charge in [-0.1, -0.05) is 6.07 Å².